The van der Waals surface area contributed by atoms with Crippen LogP contribution in [0.4, 0.5) is 15.8 Å². The van der Waals surface area contributed by atoms with Crippen molar-refractivity contribution >= 4 is 38.9 Å². The molecule has 0 bridgehead atoms. The molecule has 0 aromatic heterocycles. The Morgan fingerprint density at radius 3 is 2.65 bits per heavy atom. The number of nitrogens with zero attached hydrogens (tertiary/aromatic N) is 1. The zero-order valence-electron chi connectivity index (χ0n) is 16.4. The number of amides is 1. The van der Waals surface area contributed by atoms with Crippen LogP contribution in [0.3, 0.4) is 0 Å². The highest BCUT2D eigenvalue weighted by Crippen LogP contribution is 2.34. The fraction of sp³-hybridized carbons (Fsp3) is 0.136. The van der Waals surface area contributed by atoms with Crippen LogP contribution >= 0.6 is 11.6 Å². The molecule has 0 atom stereocenters. The average molecular weight is 461 g/mol. The second-order valence-corrected chi connectivity index (χ2v) is 9.17. The summed E-state index contributed by atoms with van der Waals surface area (Å²) in [6.45, 7) is 0.323. The predicted octanol–water partition coefficient (Wildman–Crippen LogP) is 4.49. The number of ether oxygens (including phenoxy) is 1. The lowest BCUT2D eigenvalue weighted by atomic mass is 10.2. The first-order valence-electron chi connectivity index (χ1n) is 9.36. The van der Waals surface area contributed by atoms with Crippen LogP contribution in [0.15, 0.2) is 65.6 Å². The van der Waals surface area contributed by atoms with Gasteiger partial charge in [0.1, 0.15) is 11.6 Å². The lowest BCUT2D eigenvalue weighted by Crippen LogP contribution is -2.29. The van der Waals surface area contributed by atoms with Gasteiger partial charge in [0.25, 0.3) is 15.9 Å². The van der Waals surface area contributed by atoms with Crippen molar-refractivity contribution in [1.29, 1.82) is 0 Å². The molecule has 0 radical (unpaired) electrons. The average Bonchev–Trinajstić information content (AvgIpc) is 3.21. The van der Waals surface area contributed by atoms with Crippen molar-refractivity contribution in [3.63, 3.8) is 0 Å². The quantitative estimate of drug-likeness (QED) is 0.608. The van der Waals surface area contributed by atoms with Crippen molar-refractivity contribution in [2.24, 2.45) is 0 Å². The van der Waals surface area contributed by atoms with Crippen LogP contribution < -0.4 is 14.4 Å². The first kappa shape index (κ1) is 21.1. The van der Waals surface area contributed by atoms with E-state index in [9.17, 15) is 17.6 Å². The second kappa shape index (κ2) is 8.20. The van der Waals surface area contributed by atoms with E-state index >= 15 is 0 Å². The molecular formula is C22H18ClFN2O4S. The van der Waals surface area contributed by atoms with Crippen LogP contribution in [0, 0.1) is 5.82 Å². The molecule has 1 aliphatic rings. The molecule has 3 aromatic carbocycles. The Morgan fingerprint density at radius 1 is 1.13 bits per heavy atom. The number of carbonyl (C=O) groups is 1. The topological polar surface area (TPSA) is 75.7 Å². The van der Waals surface area contributed by atoms with Gasteiger partial charge in [-0.15, -0.1) is 0 Å². The molecule has 160 valence electrons. The number of anilines is 2. The molecule has 0 saturated carbocycles. The molecule has 1 N–H and O–H groups in total. The van der Waals surface area contributed by atoms with Gasteiger partial charge in [-0.05, 0) is 54.4 Å². The Labute approximate surface area is 184 Å². The first-order valence-corrected chi connectivity index (χ1v) is 11.2. The highest BCUT2D eigenvalue weighted by Gasteiger charge is 2.31. The van der Waals surface area contributed by atoms with Crippen LogP contribution in [-0.2, 0) is 16.4 Å². The van der Waals surface area contributed by atoms with Crippen molar-refractivity contribution in [2.75, 3.05) is 23.3 Å². The molecule has 3 aromatic rings. The van der Waals surface area contributed by atoms with E-state index in [0.717, 1.165) is 11.6 Å². The van der Waals surface area contributed by atoms with Gasteiger partial charge < -0.3 is 10.1 Å². The summed E-state index contributed by atoms with van der Waals surface area (Å²) in [4.78, 5) is 12.8. The lowest BCUT2D eigenvalue weighted by Gasteiger charge is -2.20. The molecular weight excluding hydrogens is 443 g/mol. The van der Waals surface area contributed by atoms with Crippen LogP contribution in [0.25, 0.3) is 0 Å². The molecule has 1 heterocycles. The molecule has 0 saturated heterocycles. The van der Waals surface area contributed by atoms with Gasteiger partial charge in [0.05, 0.1) is 28.3 Å². The highest BCUT2D eigenvalue weighted by atomic mass is 35.5. The van der Waals surface area contributed by atoms with E-state index in [1.165, 1.54) is 41.7 Å². The van der Waals surface area contributed by atoms with Crippen LogP contribution in [0.1, 0.15) is 15.9 Å². The number of para-hydroxylation sites is 1. The van der Waals surface area contributed by atoms with Gasteiger partial charge >= 0.3 is 0 Å². The number of nitrogens with one attached hydrogen (secondary N) is 1. The zero-order chi connectivity index (χ0) is 22.2. The minimum absolute atomic E-state index is 0.0245. The van der Waals surface area contributed by atoms with Crippen LogP contribution in [0.2, 0.25) is 5.02 Å². The summed E-state index contributed by atoms with van der Waals surface area (Å²) < 4.78 is 46.6. The number of methoxy groups -OCH3 is 1. The minimum atomic E-state index is -3.89. The molecule has 0 fully saturated rings. The van der Waals surface area contributed by atoms with Gasteiger partial charge in [0, 0.05) is 12.2 Å². The van der Waals surface area contributed by atoms with E-state index < -0.39 is 21.7 Å². The summed E-state index contributed by atoms with van der Waals surface area (Å²) in [5, 5.41) is 2.44. The fourth-order valence-electron chi connectivity index (χ4n) is 3.48. The number of sulfonamides is 1. The van der Waals surface area contributed by atoms with Gasteiger partial charge in [0.2, 0.25) is 0 Å². The number of hydrogen-bond donors (Lipinski definition) is 1. The maximum Gasteiger partial charge on any atom is 0.264 e. The first-order chi connectivity index (χ1) is 14.8. The van der Waals surface area contributed by atoms with E-state index in [1.807, 2.05) is 12.1 Å². The van der Waals surface area contributed by atoms with E-state index in [4.69, 9.17) is 16.3 Å². The smallest absolute Gasteiger partial charge is 0.264 e. The summed E-state index contributed by atoms with van der Waals surface area (Å²) in [6, 6.07) is 15.2. The normalized spacial score (nSPS) is 13.1. The monoisotopic (exact) mass is 460 g/mol. The number of carbonyl (C=O) groups excluding carboxylic acids is 1. The fourth-order valence-corrected chi connectivity index (χ4v) is 5.19. The Balaban J connectivity index is 1.69. The predicted molar refractivity (Wildman–Crippen MR) is 117 cm³/mol. The molecule has 0 spiro atoms. The molecule has 1 aliphatic heterocycles. The van der Waals surface area contributed by atoms with Gasteiger partial charge in [-0.3, -0.25) is 9.10 Å². The van der Waals surface area contributed by atoms with E-state index in [2.05, 4.69) is 5.32 Å². The van der Waals surface area contributed by atoms with E-state index in [1.54, 1.807) is 12.1 Å². The molecule has 9 heteroatoms. The third-order valence-corrected chi connectivity index (χ3v) is 7.12. The Bertz CT molecular complexity index is 1280. The Kier molecular flexibility index (Phi) is 5.60. The standard InChI is InChI=1S/C22H18ClFN2O4S/c1-30-21-9-7-16(31(28,29)26-11-10-14-4-2-3-5-20(14)26)13-17(21)22(27)25-15-6-8-19(24)18(23)12-15/h2-9,12-13H,10-11H2,1H3,(H,25,27). The highest BCUT2D eigenvalue weighted by molar-refractivity contribution is 7.92. The minimum Gasteiger partial charge on any atom is -0.496 e. The van der Waals surface area contributed by atoms with Gasteiger partial charge in [-0.25, -0.2) is 12.8 Å². The number of benzene rings is 3. The SMILES string of the molecule is COc1ccc(S(=O)(=O)N2CCc3ccccc32)cc1C(=O)Nc1ccc(F)c(Cl)c1. The summed E-state index contributed by atoms with van der Waals surface area (Å²) in [5.41, 5.74) is 1.87. The van der Waals surface area contributed by atoms with Crippen LogP contribution in [0.5, 0.6) is 5.75 Å². The maximum absolute atomic E-state index is 13.4. The van der Waals surface area contributed by atoms with E-state index in [0.29, 0.717) is 18.7 Å². The summed E-state index contributed by atoms with van der Waals surface area (Å²) in [6.07, 6.45) is 0.615. The summed E-state index contributed by atoms with van der Waals surface area (Å²) >= 11 is 5.77. The van der Waals surface area contributed by atoms with Crippen molar-refractivity contribution in [1.82, 2.24) is 0 Å². The van der Waals surface area contributed by atoms with Crippen LogP contribution in [-0.4, -0.2) is 28.0 Å². The molecule has 4 rings (SSSR count). The van der Waals surface area contributed by atoms with Crippen molar-refractivity contribution in [2.45, 2.75) is 11.3 Å². The molecule has 31 heavy (non-hydrogen) atoms. The number of hydrogen-bond acceptors (Lipinski definition) is 4. The summed E-state index contributed by atoms with van der Waals surface area (Å²) in [5.74, 6) is -1.03. The Hall–Kier alpha value is -3.10. The third kappa shape index (κ3) is 3.96. The number of halogens is 2. The molecule has 0 unspecified atom stereocenters. The largest absolute Gasteiger partial charge is 0.496 e. The van der Waals surface area contributed by atoms with Crippen molar-refractivity contribution < 1.29 is 22.3 Å². The maximum atomic E-state index is 13.4. The van der Waals surface area contributed by atoms with Gasteiger partial charge in [-0.2, -0.15) is 0 Å². The van der Waals surface area contributed by atoms with Gasteiger partial charge in [0.15, 0.2) is 0 Å². The zero-order valence-corrected chi connectivity index (χ0v) is 18.0. The Morgan fingerprint density at radius 2 is 1.90 bits per heavy atom. The van der Waals surface area contributed by atoms with Crippen molar-refractivity contribution in [3.05, 3.63) is 82.6 Å². The second-order valence-electron chi connectivity index (χ2n) is 6.90. The van der Waals surface area contributed by atoms with Crippen molar-refractivity contribution in [3.8, 4) is 5.75 Å². The number of fused-ring (bicyclic) bond motifs is 1. The molecule has 1 amide bonds. The molecule has 0 aliphatic carbocycles. The van der Waals surface area contributed by atoms with E-state index in [-0.39, 0.29) is 26.9 Å². The summed E-state index contributed by atoms with van der Waals surface area (Å²) in [7, 11) is -2.51. The molecule has 6 nitrogen and oxygen atoms in total. The lowest BCUT2D eigenvalue weighted by molar-refractivity contribution is 0.102. The van der Waals surface area contributed by atoms with Gasteiger partial charge in [-0.1, -0.05) is 29.8 Å². The third-order valence-electron chi connectivity index (χ3n) is 5.03. The number of rotatable bonds is 5.